The molecule has 0 aliphatic heterocycles. The van der Waals surface area contributed by atoms with Crippen LogP contribution >= 0.6 is 23.2 Å². The summed E-state index contributed by atoms with van der Waals surface area (Å²) in [7, 11) is 0. The number of nitrogens with two attached hydrogens (primary N) is 1. The van der Waals surface area contributed by atoms with Crippen LogP contribution < -0.4 is 11.1 Å². The lowest BCUT2D eigenvalue weighted by Gasteiger charge is -2.12. The number of rotatable bonds is 2. The molecule has 0 unspecified atom stereocenters. The molecule has 0 bridgehead atoms. The van der Waals surface area contributed by atoms with Crippen molar-refractivity contribution in [3.8, 4) is 6.07 Å². The number of hydrogen-bond donors (Lipinski definition) is 2. The average Bonchev–Trinajstić information content (AvgIpc) is 2.35. The first-order chi connectivity index (χ1) is 9.01. The minimum absolute atomic E-state index is 0.131. The van der Waals surface area contributed by atoms with Crippen molar-refractivity contribution in [2.75, 3.05) is 11.1 Å². The molecule has 0 spiro atoms. The second kappa shape index (κ2) is 5.35. The Morgan fingerprint density at radius 2 is 1.79 bits per heavy atom. The van der Waals surface area contributed by atoms with Gasteiger partial charge in [0.15, 0.2) is 0 Å². The van der Waals surface area contributed by atoms with Gasteiger partial charge in [0.2, 0.25) is 0 Å². The summed E-state index contributed by atoms with van der Waals surface area (Å²) in [6, 6.07) is 9.02. The lowest BCUT2D eigenvalue weighted by atomic mass is 10.2. The molecule has 0 radical (unpaired) electrons. The normalized spacial score (nSPS) is 10.0. The number of halogens is 3. The predicted octanol–water partition coefficient (Wildman–Crippen LogP) is 4.33. The largest absolute Gasteiger partial charge is 0.397 e. The zero-order chi connectivity index (χ0) is 14.0. The van der Waals surface area contributed by atoms with Crippen molar-refractivity contribution in [2.45, 2.75) is 0 Å². The van der Waals surface area contributed by atoms with Crippen LogP contribution in [-0.4, -0.2) is 0 Å². The zero-order valence-corrected chi connectivity index (χ0v) is 11.1. The highest BCUT2D eigenvalue weighted by Gasteiger charge is 2.10. The van der Waals surface area contributed by atoms with Crippen molar-refractivity contribution < 1.29 is 4.39 Å². The van der Waals surface area contributed by atoms with Gasteiger partial charge in [-0.2, -0.15) is 5.26 Å². The van der Waals surface area contributed by atoms with Gasteiger partial charge in [0.1, 0.15) is 5.82 Å². The summed E-state index contributed by atoms with van der Waals surface area (Å²) in [4.78, 5) is 0. The quantitative estimate of drug-likeness (QED) is 0.811. The van der Waals surface area contributed by atoms with Crippen LogP contribution in [0.2, 0.25) is 10.0 Å². The Balaban J connectivity index is 2.45. The molecular formula is C13H8Cl2FN3. The van der Waals surface area contributed by atoms with Gasteiger partial charge in [-0.1, -0.05) is 23.2 Å². The van der Waals surface area contributed by atoms with Gasteiger partial charge in [0, 0.05) is 0 Å². The van der Waals surface area contributed by atoms with Crippen LogP contribution in [0.5, 0.6) is 0 Å². The third-order valence-corrected chi connectivity index (χ3v) is 3.05. The zero-order valence-electron chi connectivity index (χ0n) is 9.55. The first-order valence-corrected chi connectivity index (χ1v) is 5.98. The molecule has 2 aromatic carbocycles. The van der Waals surface area contributed by atoms with Gasteiger partial charge in [-0.15, -0.1) is 0 Å². The van der Waals surface area contributed by atoms with E-state index in [2.05, 4.69) is 5.32 Å². The van der Waals surface area contributed by atoms with E-state index in [1.807, 2.05) is 6.07 Å². The summed E-state index contributed by atoms with van der Waals surface area (Å²) in [6.07, 6.45) is 0. The topological polar surface area (TPSA) is 61.8 Å². The second-order valence-electron chi connectivity index (χ2n) is 3.78. The third kappa shape index (κ3) is 2.90. The Hall–Kier alpha value is -1.96. The molecule has 0 saturated heterocycles. The molecule has 2 rings (SSSR count). The van der Waals surface area contributed by atoms with E-state index in [0.29, 0.717) is 22.6 Å². The molecule has 0 aliphatic carbocycles. The lowest BCUT2D eigenvalue weighted by molar-refractivity contribution is 0.628. The van der Waals surface area contributed by atoms with Gasteiger partial charge in [-0.3, -0.25) is 0 Å². The van der Waals surface area contributed by atoms with Crippen molar-refractivity contribution in [1.82, 2.24) is 0 Å². The first-order valence-electron chi connectivity index (χ1n) is 5.22. The smallest absolute Gasteiger partial charge is 0.126 e. The number of nitrogen functional groups attached to an aromatic ring is 1. The fraction of sp³-hybridized carbons (Fsp3) is 0. The molecule has 0 saturated carbocycles. The van der Waals surface area contributed by atoms with Crippen molar-refractivity contribution >= 4 is 40.3 Å². The molecule has 96 valence electrons. The van der Waals surface area contributed by atoms with Gasteiger partial charge >= 0.3 is 0 Å². The minimum Gasteiger partial charge on any atom is -0.397 e. The maximum atomic E-state index is 13.1. The summed E-state index contributed by atoms with van der Waals surface area (Å²) in [5, 5.41) is 12.0. The summed E-state index contributed by atoms with van der Waals surface area (Å²) in [5.41, 5.74) is 7.47. The predicted molar refractivity (Wildman–Crippen MR) is 75.3 cm³/mol. The molecular weight excluding hydrogens is 288 g/mol. The number of benzene rings is 2. The van der Waals surface area contributed by atoms with E-state index in [1.165, 1.54) is 0 Å². The minimum atomic E-state index is -0.528. The van der Waals surface area contributed by atoms with E-state index in [9.17, 15) is 4.39 Å². The molecule has 0 aliphatic rings. The van der Waals surface area contributed by atoms with E-state index in [1.54, 1.807) is 18.2 Å². The molecule has 3 N–H and O–H groups in total. The van der Waals surface area contributed by atoms with E-state index >= 15 is 0 Å². The Bertz CT molecular complexity index is 657. The van der Waals surface area contributed by atoms with Gasteiger partial charge in [0.25, 0.3) is 0 Å². The van der Waals surface area contributed by atoms with Crippen LogP contribution in [0.25, 0.3) is 0 Å². The van der Waals surface area contributed by atoms with Crippen molar-refractivity contribution in [2.24, 2.45) is 0 Å². The maximum Gasteiger partial charge on any atom is 0.126 e. The number of hydrogen-bond acceptors (Lipinski definition) is 3. The fourth-order valence-electron chi connectivity index (χ4n) is 1.53. The first kappa shape index (κ1) is 13.5. The fourth-order valence-corrected chi connectivity index (χ4v) is 2.09. The Morgan fingerprint density at radius 1 is 1.16 bits per heavy atom. The molecule has 3 nitrogen and oxygen atoms in total. The SMILES string of the molecule is N#Cc1ccc(N)c(Nc2c(Cl)cc(F)cc2Cl)c1. The standard InChI is InChI=1S/C13H8Cl2FN3/c14-9-4-8(16)5-10(15)13(9)19-12-3-7(6-17)1-2-11(12)18/h1-5,19H,18H2. The molecule has 19 heavy (non-hydrogen) atoms. The highest BCUT2D eigenvalue weighted by molar-refractivity contribution is 6.39. The van der Waals surface area contributed by atoms with Crippen LogP contribution in [0.3, 0.4) is 0 Å². The maximum absolute atomic E-state index is 13.1. The van der Waals surface area contributed by atoms with Gasteiger partial charge in [-0.05, 0) is 30.3 Å². The van der Waals surface area contributed by atoms with Crippen LogP contribution in [-0.2, 0) is 0 Å². The number of nitrogens with one attached hydrogen (secondary N) is 1. The van der Waals surface area contributed by atoms with E-state index in [-0.39, 0.29) is 10.0 Å². The van der Waals surface area contributed by atoms with Crippen molar-refractivity contribution in [1.29, 1.82) is 5.26 Å². The lowest BCUT2D eigenvalue weighted by Crippen LogP contribution is -1.98. The van der Waals surface area contributed by atoms with Gasteiger partial charge in [-0.25, -0.2) is 4.39 Å². The van der Waals surface area contributed by atoms with E-state index in [0.717, 1.165) is 12.1 Å². The Morgan fingerprint density at radius 3 is 2.37 bits per heavy atom. The summed E-state index contributed by atoms with van der Waals surface area (Å²) in [6.45, 7) is 0. The van der Waals surface area contributed by atoms with Crippen molar-refractivity contribution in [3.63, 3.8) is 0 Å². The average molecular weight is 296 g/mol. The van der Waals surface area contributed by atoms with E-state index < -0.39 is 5.82 Å². The third-order valence-electron chi connectivity index (χ3n) is 2.45. The second-order valence-corrected chi connectivity index (χ2v) is 4.60. The molecule has 6 heteroatoms. The van der Waals surface area contributed by atoms with Crippen molar-refractivity contribution in [3.05, 3.63) is 51.8 Å². The van der Waals surface area contributed by atoms with E-state index in [4.69, 9.17) is 34.2 Å². The molecule has 0 aromatic heterocycles. The van der Waals surface area contributed by atoms with Gasteiger partial charge < -0.3 is 11.1 Å². The Kier molecular flexibility index (Phi) is 3.79. The Labute approximate surface area is 119 Å². The monoisotopic (exact) mass is 295 g/mol. The molecule has 2 aromatic rings. The highest BCUT2D eigenvalue weighted by Crippen LogP contribution is 2.35. The molecule has 0 heterocycles. The van der Waals surface area contributed by atoms with Gasteiger partial charge in [0.05, 0.1) is 38.7 Å². The molecule has 0 fully saturated rings. The number of anilines is 3. The summed E-state index contributed by atoms with van der Waals surface area (Å²) < 4.78 is 13.1. The molecule has 0 amide bonds. The highest BCUT2D eigenvalue weighted by atomic mass is 35.5. The molecule has 0 atom stereocenters. The summed E-state index contributed by atoms with van der Waals surface area (Å²) in [5.74, 6) is -0.528. The van der Waals surface area contributed by atoms with Crippen LogP contribution in [0.1, 0.15) is 5.56 Å². The number of nitrogens with zero attached hydrogens (tertiary/aromatic N) is 1. The van der Waals surface area contributed by atoms with Crippen LogP contribution in [0.15, 0.2) is 30.3 Å². The summed E-state index contributed by atoms with van der Waals surface area (Å²) >= 11 is 11.8. The van der Waals surface area contributed by atoms with Crippen LogP contribution in [0.4, 0.5) is 21.5 Å². The van der Waals surface area contributed by atoms with Crippen LogP contribution in [0, 0.1) is 17.1 Å². The number of nitriles is 1.